The van der Waals surface area contributed by atoms with E-state index in [1.54, 1.807) is 0 Å². The Morgan fingerprint density at radius 1 is 1.52 bits per heavy atom. The summed E-state index contributed by atoms with van der Waals surface area (Å²) in [6.07, 6.45) is -1.13. The van der Waals surface area contributed by atoms with Crippen LogP contribution >= 0.6 is 11.7 Å². The topological polar surface area (TPSA) is 79.7 Å². The summed E-state index contributed by atoms with van der Waals surface area (Å²) >= 11 is 0.982. The molecule has 2 N–H and O–H groups in total. The first-order valence-electron chi connectivity index (χ1n) is 9.67. The lowest BCUT2D eigenvalue weighted by molar-refractivity contribution is 0.0975. The van der Waals surface area contributed by atoms with Gasteiger partial charge in [0.1, 0.15) is 12.7 Å². The minimum atomic E-state index is -2.78. The van der Waals surface area contributed by atoms with Crippen molar-refractivity contribution in [3.05, 3.63) is 0 Å². The average molecular weight is 322 g/mol. The number of aromatic nitrogens is 2. The van der Waals surface area contributed by atoms with Crippen molar-refractivity contribution in [2.24, 2.45) is 0 Å². The zero-order valence-corrected chi connectivity index (χ0v) is 12.7. The molecule has 0 unspecified atom stereocenters. The molecule has 0 saturated carbocycles. The van der Waals surface area contributed by atoms with Crippen LogP contribution in [0.3, 0.4) is 0 Å². The first-order chi connectivity index (χ1) is 12.5. The third-order valence-electron chi connectivity index (χ3n) is 2.86. The van der Waals surface area contributed by atoms with Crippen molar-refractivity contribution in [2.75, 3.05) is 44.4 Å². The molecule has 1 aromatic rings. The Labute approximate surface area is 138 Å². The van der Waals surface area contributed by atoms with Crippen LogP contribution in [0.25, 0.3) is 0 Å². The number of nitrogens with one attached hydrogen (secondary N) is 1. The molecular formula is C13H24N4O3S. The highest BCUT2D eigenvalue weighted by atomic mass is 32.1. The molecule has 0 amide bonds. The van der Waals surface area contributed by atoms with E-state index in [4.69, 9.17) is 17.7 Å². The number of aliphatic hydroxyl groups excluding tert-OH is 1. The molecule has 21 heavy (non-hydrogen) atoms. The van der Waals surface area contributed by atoms with Gasteiger partial charge >= 0.3 is 0 Å². The van der Waals surface area contributed by atoms with Crippen LogP contribution in [0.5, 0.6) is 5.88 Å². The average Bonchev–Trinajstić information content (AvgIpc) is 3.05. The van der Waals surface area contributed by atoms with E-state index in [0.29, 0.717) is 32.1 Å². The number of hydrogen-bond acceptors (Lipinski definition) is 8. The van der Waals surface area contributed by atoms with E-state index in [0.717, 1.165) is 18.7 Å². The van der Waals surface area contributed by atoms with Gasteiger partial charge in [-0.05, 0) is 20.6 Å². The van der Waals surface area contributed by atoms with E-state index in [1.807, 2.05) is 4.90 Å². The Morgan fingerprint density at radius 3 is 3.00 bits per heavy atom. The highest BCUT2D eigenvalue weighted by Crippen LogP contribution is 2.26. The lowest BCUT2D eigenvalue weighted by Gasteiger charge is -2.27. The number of hydrogen-bond donors (Lipinski definition) is 2. The lowest BCUT2D eigenvalue weighted by atomic mass is 10.1. The molecule has 0 aromatic carbocycles. The van der Waals surface area contributed by atoms with Crippen molar-refractivity contribution in [2.45, 2.75) is 32.3 Å². The summed E-state index contributed by atoms with van der Waals surface area (Å²) in [4.78, 5) is 1.97. The maximum absolute atomic E-state index is 10.1. The van der Waals surface area contributed by atoms with Gasteiger partial charge in [-0.2, -0.15) is 4.37 Å². The van der Waals surface area contributed by atoms with Crippen LogP contribution in [0.1, 0.15) is 28.9 Å². The highest BCUT2D eigenvalue weighted by molar-refractivity contribution is 6.99. The predicted molar refractivity (Wildman–Crippen MR) is 82.2 cm³/mol. The summed E-state index contributed by atoms with van der Waals surface area (Å²) < 4.78 is 64.1. The van der Waals surface area contributed by atoms with Crippen molar-refractivity contribution >= 4 is 17.5 Å². The molecule has 1 aromatic heterocycles. The summed E-state index contributed by atoms with van der Waals surface area (Å²) in [5.41, 5.74) is -2.15. The summed E-state index contributed by atoms with van der Waals surface area (Å²) in [6.45, 7) is -2.45. The predicted octanol–water partition coefficient (Wildman–Crippen LogP) is 0.502. The van der Waals surface area contributed by atoms with Gasteiger partial charge < -0.3 is 24.8 Å². The molecule has 8 heteroatoms. The second-order valence-corrected chi connectivity index (χ2v) is 5.49. The zero-order valence-electron chi connectivity index (χ0n) is 17.8. The monoisotopic (exact) mass is 322 g/mol. The molecule has 0 bridgehead atoms. The molecule has 7 nitrogen and oxygen atoms in total. The van der Waals surface area contributed by atoms with Crippen molar-refractivity contribution in [1.82, 2.24) is 14.1 Å². The molecule has 1 fully saturated rings. The molecule has 0 aliphatic carbocycles. The molecule has 1 aliphatic rings. The van der Waals surface area contributed by atoms with Crippen LogP contribution in [0.2, 0.25) is 0 Å². The lowest BCUT2D eigenvalue weighted by Crippen LogP contribution is -2.42. The second-order valence-electron chi connectivity index (χ2n) is 4.96. The third kappa shape index (κ3) is 5.39. The maximum atomic E-state index is 10.1. The number of nitrogens with zero attached hydrogens (tertiary/aromatic N) is 3. The van der Waals surface area contributed by atoms with Crippen LogP contribution in [-0.4, -0.2) is 65.0 Å². The number of aliphatic hydroxyl groups is 1. The van der Waals surface area contributed by atoms with Crippen molar-refractivity contribution in [1.29, 1.82) is 0 Å². The smallest absolute Gasteiger partial charge is 0.270 e. The van der Waals surface area contributed by atoms with E-state index in [-0.39, 0.29) is 19.0 Å². The molecule has 2 heterocycles. The molecule has 0 spiro atoms. The van der Waals surface area contributed by atoms with Gasteiger partial charge in [-0.25, -0.2) is 0 Å². The summed E-state index contributed by atoms with van der Waals surface area (Å²) in [5, 5.41) is 12.6. The van der Waals surface area contributed by atoms with E-state index >= 15 is 0 Å². The normalized spacial score (nSPS) is 23.2. The third-order valence-corrected chi connectivity index (χ3v) is 3.36. The summed E-state index contributed by atoms with van der Waals surface area (Å²) in [7, 11) is 0. The minimum Gasteiger partial charge on any atom is -0.472 e. The highest BCUT2D eigenvalue weighted by Gasteiger charge is 2.21. The fraction of sp³-hybridized carbons (Fsp3) is 0.846. The van der Waals surface area contributed by atoms with Gasteiger partial charge in [-0.15, -0.1) is 4.37 Å². The zero-order chi connectivity index (χ0) is 20.3. The molecule has 1 saturated heterocycles. The van der Waals surface area contributed by atoms with E-state index < -0.39 is 25.3 Å². The molecule has 120 valence electrons. The van der Waals surface area contributed by atoms with E-state index in [9.17, 15) is 5.11 Å². The van der Waals surface area contributed by atoms with E-state index in [2.05, 4.69) is 14.1 Å². The summed E-state index contributed by atoms with van der Waals surface area (Å²) in [6, 6.07) is 0. The van der Waals surface area contributed by atoms with Crippen LogP contribution < -0.4 is 15.0 Å². The van der Waals surface area contributed by atoms with Gasteiger partial charge in [0.2, 0.25) is 5.82 Å². The Kier molecular flexibility index (Phi) is 3.48. The molecule has 1 atom stereocenters. The van der Waals surface area contributed by atoms with Gasteiger partial charge in [0, 0.05) is 33.4 Å². The van der Waals surface area contributed by atoms with Crippen LogP contribution in [-0.2, 0) is 4.74 Å². The van der Waals surface area contributed by atoms with E-state index in [1.165, 1.54) is 0 Å². The number of rotatable bonds is 6. The Morgan fingerprint density at radius 2 is 2.29 bits per heavy atom. The van der Waals surface area contributed by atoms with Gasteiger partial charge in [-0.3, -0.25) is 0 Å². The Balaban J connectivity index is 1.91. The van der Waals surface area contributed by atoms with Crippen molar-refractivity contribution in [3.63, 3.8) is 0 Å². The molecular weight excluding hydrogens is 292 g/mol. The van der Waals surface area contributed by atoms with Crippen LogP contribution in [0, 0.1) is 0 Å². The van der Waals surface area contributed by atoms with Gasteiger partial charge in [0.05, 0.1) is 24.9 Å². The molecule has 0 radical (unpaired) electrons. The van der Waals surface area contributed by atoms with Crippen LogP contribution in [0.15, 0.2) is 0 Å². The minimum absolute atomic E-state index is 0.187. The summed E-state index contributed by atoms with van der Waals surface area (Å²) in [5.74, 6) is 0.841. The fourth-order valence-electron chi connectivity index (χ4n) is 1.79. The molecule has 2 rings (SSSR count). The van der Waals surface area contributed by atoms with Crippen molar-refractivity contribution < 1.29 is 22.8 Å². The van der Waals surface area contributed by atoms with Gasteiger partial charge in [0.25, 0.3) is 5.88 Å². The number of β-amino-alcohol motifs (C(OH)–C–C–N with tert-alkyl or cyclic N) is 1. The van der Waals surface area contributed by atoms with Crippen LogP contribution in [0.4, 0.5) is 5.82 Å². The number of anilines is 1. The largest absolute Gasteiger partial charge is 0.472 e. The number of morpholine rings is 1. The van der Waals surface area contributed by atoms with Crippen molar-refractivity contribution in [3.8, 4) is 5.88 Å². The first-order valence-corrected chi connectivity index (χ1v) is 7.40. The SMILES string of the molecule is [2H]C([2H])([2H])C(C)(NC[C@H](O)COc1nsnc1N1CCOCC1)C([2H])([2H])[2H]. The quantitative estimate of drug-likeness (QED) is 0.789. The maximum Gasteiger partial charge on any atom is 0.270 e. The van der Waals surface area contributed by atoms with Gasteiger partial charge in [0.15, 0.2) is 0 Å². The van der Waals surface area contributed by atoms with Gasteiger partial charge in [-0.1, -0.05) is 0 Å². The first kappa shape index (κ1) is 9.94. The Bertz CT molecular complexity index is 592. The molecule has 1 aliphatic heterocycles. The standard InChI is InChI=1S/C13H24N4O3S/c1-13(2,3)14-8-10(18)9-20-12-11(15-21-16-12)17-4-6-19-7-5-17/h10,14,18H,4-9H2,1-3H3/t10-/m0/s1/i1D3,2D3. The Hall–Kier alpha value is -0.960. The number of ether oxygens (including phenoxy) is 2. The second kappa shape index (κ2) is 7.35. The fourth-order valence-corrected chi connectivity index (χ4v) is 2.31.